The first-order valence-electron chi connectivity index (χ1n) is 9.70. The summed E-state index contributed by atoms with van der Waals surface area (Å²) in [5, 5.41) is 43.1. The number of nitrogens with one attached hydrogen (secondary N) is 3. The molecular weight excluding hydrogens is 416 g/mol. The molecule has 0 aliphatic carbocycles. The molecule has 0 bridgehead atoms. The molecule has 0 radical (unpaired) electrons. The Morgan fingerprint density at radius 2 is 1.42 bits per heavy atom. The van der Waals surface area contributed by atoms with Crippen molar-refractivity contribution in [1.29, 1.82) is 0 Å². The number of hydrogen-bond acceptors (Lipinski definition) is 8. The van der Waals surface area contributed by atoms with Gasteiger partial charge in [-0.25, -0.2) is 4.79 Å². The van der Waals surface area contributed by atoms with Crippen molar-refractivity contribution in [2.45, 2.75) is 70.3 Å². The van der Waals surface area contributed by atoms with Crippen molar-refractivity contribution < 1.29 is 44.4 Å². The van der Waals surface area contributed by atoms with Gasteiger partial charge in [-0.3, -0.25) is 19.2 Å². The molecule has 9 N–H and O–H groups in total. The maximum absolute atomic E-state index is 12.6. The number of nitrogens with two attached hydrogens (primary N) is 1. The van der Waals surface area contributed by atoms with Crippen molar-refractivity contribution in [3.63, 3.8) is 0 Å². The molecule has 0 aromatic rings. The van der Waals surface area contributed by atoms with Crippen molar-refractivity contribution in [2.75, 3.05) is 6.61 Å². The standard InChI is InChI=1S/C18H32N4O9/c1-8(2)6-10(19)15(27)20-11(4-5-13(25)26)16(28)22-14(9(3)24)17(29)21-12(7-23)18(30)31/h8-12,14,23-24H,4-7,19H2,1-3H3,(H,20,27)(H,21,29)(H,22,28)(H,25,26)(H,30,31). The third-order valence-corrected chi connectivity index (χ3v) is 4.20. The fourth-order valence-electron chi connectivity index (χ4n) is 2.54. The molecule has 0 fully saturated rings. The van der Waals surface area contributed by atoms with Crippen LogP contribution in [0, 0.1) is 5.92 Å². The van der Waals surface area contributed by atoms with Crippen molar-refractivity contribution in [3.05, 3.63) is 0 Å². The third-order valence-electron chi connectivity index (χ3n) is 4.20. The molecule has 3 amide bonds. The Labute approximate surface area is 179 Å². The van der Waals surface area contributed by atoms with Gasteiger partial charge in [0.25, 0.3) is 0 Å². The van der Waals surface area contributed by atoms with Gasteiger partial charge < -0.3 is 42.1 Å². The number of amides is 3. The minimum Gasteiger partial charge on any atom is -0.481 e. The summed E-state index contributed by atoms with van der Waals surface area (Å²) in [7, 11) is 0. The quantitative estimate of drug-likeness (QED) is 0.135. The average Bonchev–Trinajstić information content (AvgIpc) is 2.65. The lowest BCUT2D eigenvalue weighted by atomic mass is 10.0. The molecule has 0 spiro atoms. The average molecular weight is 448 g/mol. The molecule has 0 aliphatic heterocycles. The lowest BCUT2D eigenvalue weighted by molar-refractivity contribution is -0.144. The minimum absolute atomic E-state index is 0.0871. The molecule has 0 saturated heterocycles. The molecule has 0 aromatic carbocycles. The van der Waals surface area contributed by atoms with Crippen LogP contribution in [0.4, 0.5) is 0 Å². The summed E-state index contributed by atoms with van der Waals surface area (Å²) in [6, 6.07) is -5.61. The third kappa shape index (κ3) is 10.7. The Hall–Kier alpha value is -2.77. The predicted molar refractivity (Wildman–Crippen MR) is 106 cm³/mol. The number of carboxylic acid groups (broad SMARTS) is 2. The van der Waals surface area contributed by atoms with Gasteiger partial charge in [-0.2, -0.15) is 0 Å². The highest BCUT2D eigenvalue weighted by atomic mass is 16.4. The number of aliphatic hydroxyl groups is 2. The Morgan fingerprint density at radius 3 is 1.84 bits per heavy atom. The summed E-state index contributed by atoms with van der Waals surface area (Å²) in [5.74, 6) is -5.42. The largest absolute Gasteiger partial charge is 0.481 e. The molecule has 13 heteroatoms. The second-order valence-corrected chi connectivity index (χ2v) is 7.54. The summed E-state index contributed by atoms with van der Waals surface area (Å²) in [6.45, 7) is 3.91. The number of aliphatic hydroxyl groups excluding tert-OH is 2. The van der Waals surface area contributed by atoms with Crippen molar-refractivity contribution in [2.24, 2.45) is 11.7 Å². The second kappa shape index (κ2) is 13.5. The van der Waals surface area contributed by atoms with E-state index in [4.69, 9.17) is 21.1 Å². The second-order valence-electron chi connectivity index (χ2n) is 7.54. The van der Waals surface area contributed by atoms with E-state index < -0.39 is 73.0 Å². The number of aliphatic carboxylic acids is 2. The zero-order valence-corrected chi connectivity index (χ0v) is 17.7. The highest BCUT2D eigenvalue weighted by molar-refractivity contribution is 5.94. The number of hydrogen-bond donors (Lipinski definition) is 8. The Bertz CT molecular complexity index is 654. The topological polar surface area (TPSA) is 228 Å². The van der Waals surface area contributed by atoms with Gasteiger partial charge in [0, 0.05) is 6.42 Å². The van der Waals surface area contributed by atoms with Gasteiger partial charge in [0.05, 0.1) is 18.8 Å². The molecule has 0 saturated carbocycles. The van der Waals surface area contributed by atoms with Crippen LogP contribution < -0.4 is 21.7 Å². The van der Waals surface area contributed by atoms with Gasteiger partial charge in [0.1, 0.15) is 18.1 Å². The van der Waals surface area contributed by atoms with Crippen molar-refractivity contribution in [3.8, 4) is 0 Å². The fourth-order valence-corrected chi connectivity index (χ4v) is 2.54. The summed E-state index contributed by atoms with van der Waals surface area (Å²) in [5.41, 5.74) is 5.78. The van der Waals surface area contributed by atoms with Crippen LogP contribution >= 0.6 is 0 Å². The summed E-state index contributed by atoms with van der Waals surface area (Å²) in [4.78, 5) is 59.0. The van der Waals surface area contributed by atoms with Crippen molar-refractivity contribution in [1.82, 2.24) is 16.0 Å². The van der Waals surface area contributed by atoms with Gasteiger partial charge in [-0.15, -0.1) is 0 Å². The highest BCUT2D eigenvalue weighted by Gasteiger charge is 2.32. The van der Waals surface area contributed by atoms with E-state index in [0.29, 0.717) is 6.42 Å². The first-order valence-corrected chi connectivity index (χ1v) is 9.70. The summed E-state index contributed by atoms with van der Waals surface area (Å²) < 4.78 is 0. The predicted octanol–water partition coefficient (Wildman–Crippen LogP) is -2.86. The molecule has 0 aromatic heterocycles. The zero-order chi connectivity index (χ0) is 24.3. The smallest absolute Gasteiger partial charge is 0.328 e. The molecule has 5 atom stereocenters. The van der Waals surface area contributed by atoms with Crippen LogP contribution in [0.3, 0.4) is 0 Å². The first kappa shape index (κ1) is 28.2. The maximum Gasteiger partial charge on any atom is 0.328 e. The Morgan fingerprint density at radius 1 is 0.871 bits per heavy atom. The monoisotopic (exact) mass is 448 g/mol. The normalized spacial score (nSPS) is 15.8. The molecule has 178 valence electrons. The Kier molecular flexibility index (Phi) is 12.3. The van der Waals surface area contributed by atoms with Crippen LogP contribution in [0.2, 0.25) is 0 Å². The number of carbonyl (C=O) groups is 5. The van der Waals surface area contributed by atoms with E-state index in [9.17, 15) is 29.1 Å². The van der Waals surface area contributed by atoms with Crippen LogP contribution in [0.15, 0.2) is 0 Å². The zero-order valence-electron chi connectivity index (χ0n) is 17.7. The van der Waals surface area contributed by atoms with E-state index in [1.54, 1.807) is 0 Å². The fraction of sp³-hybridized carbons (Fsp3) is 0.722. The van der Waals surface area contributed by atoms with Gasteiger partial charge in [-0.05, 0) is 25.7 Å². The van der Waals surface area contributed by atoms with Crippen LogP contribution in [-0.2, 0) is 24.0 Å². The van der Waals surface area contributed by atoms with E-state index in [0.717, 1.165) is 6.92 Å². The molecule has 0 aliphatic rings. The van der Waals surface area contributed by atoms with E-state index in [2.05, 4.69) is 10.6 Å². The Balaban J connectivity index is 5.40. The van der Waals surface area contributed by atoms with E-state index in [1.165, 1.54) is 0 Å². The number of carbonyl (C=O) groups excluding carboxylic acids is 3. The maximum atomic E-state index is 12.6. The molecule has 31 heavy (non-hydrogen) atoms. The van der Waals surface area contributed by atoms with Crippen LogP contribution in [-0.4, -0.2) is 87.0 Å². The van der Waals surface area contributed by atoms with Gasteiger partial charge in [-0.1, -0.05) is 13.8 Å². The minimum atomic E-state index is -1.66. The lowest BCUT2D eigenvalue weighted by Gasteiger charge is -2.26. The van der Waals surface area contributed by atoms with Gasteiger partial charge in [0.2, 0.25) is 17.7 Å². The summed E-state index contributed by atoms with van der Waals surface area (Å²) >= 11 is 0. The lowest BCUT2D eigenvalue weighted by Crippen LogP contribution is -2.60. The van der Waals surface area contributed by atoms with Crippen molar-refractivity contribution >= 4 is 29.7 Å². The van der Waals surface area contributed by atoms with Gasteiger partial charge in [0.15, 0.2) is 0 Å². The van der Waals surface area contributed by atoms with E-state index in [1.807, 2.05) is 19.2 Å². The SMILES string of the molecule is CC(C)CC(N)C(=O)NC(CCC(=O)O)C(=O)NC(C(=O)NC(CO)C(=O)O)C(C)O. The first-order chi connectivity index (χ1) is 14.3. The van der Waals surface area contributed by atoms with E-state index in [-0.39, 0.29) is 12.3 Å². The van der Waals surface area contributed by atoms with Crippen LogP contribution in [0.25, 0.3) is 0 Å². The number of rotatable bonds is 14. The van der Waals surface area contributed by atoms with Crippen LogP contribution in [0.5, 0.6) is 0 Å². The molecule has 5 unspecified atom stereocenters. The molecule has 13 nitrogen and oxygen atoms in total. The van der Waals surface area contributed by atoms with E-state index >= 15 is 0 Å². The highest BCUT2D eigenvalue weighted by Crippen LogP contribution is 2.06. The van der Waals surface area contributed by atoms with Gasteiger partial charge >= 0.3 is 11.9 Å². The molecular formula is C18H32N4O9. The molecule has 0 rings (SSSR count). The van der Waals surface area contributed by atoms with Crippen LogP contribution in [0.1, 0.15) is 40.0 Å². The summed E-state index contributed by atoms with van der Waals surface area (Å²) in [6.07, 6.45) is -1.95. The number of carboxylic acids is 2. The molecule has 0 heterocycles.